The standard InChI is InChI=1S/C20H24NO3.BrH/c1-4-20(22)23-15-14-21(2,3)16-17-10-12-19(13-11-17)24-18-8-6-5-7-9-18;/h4-13H,1,14-16H2,2-3H3;1H/q+1;/p-1. The van der Waals surface area contributed by atoms with Gasteiger partial charge in [-0.25, -0.2) is 4.79 Å². The minimum atomic E-state index is -0.377. The van der Waals surface area contributed by atoms with Crippen LogP contribution in [0.4, 0.5) is 0 Å². The molecule has 2 aromatic carbocycles. The van der Waals surface area contributed by atoms with Crippen molar-refractivity contribution in [2.75, 3.05) is 27.2 Å². The number of carbonyl (C=O) groups excluding carboxylic acids is 1. The first-order valence-corrected chi connectivity index (χ1v) is 7.91. The second-order valence-electron chi connectivity index (χ2n) is 6.25. The summed E-state index contributed by atoms with van der Waals surface area (Å²) in [6.07, 6.45) is 1.19. The van der Waals surface area contributed by atoms with Gasteiger partial charge < -0.3 is 30.9 Å². The molecule has 25 heavy (non-hydrogen) atoms. The Morgan fingerprint density at radius 3 is 2.24 bits per heavy atom. The number of carbonyl (C=O) groups is 1. The molecule has 0 N–H and O–H groups in total. The Kier molecular flexibility index (Phi) is 8.38. The predicted molar refractivity (Wildman–Crippen MR) is 94.8 cm³/mol. The number of likely N-dealkylation sites (N-methyl/N-ethyl adjacent to an activating group) is 1. The summed E-state index contributed by atoms with van der Waals surface area (Å²) in [5.41, 5.74) is 1.20. The number of ether oxygens (including phenoxy) is 2. The molecule has 0 amide bonds. The van der Waals surface area contributed by atoms with Crippen molar-refractivity contribution in [3.8, 4) is 11.5 Å². The smallest absolute Gasteiger partial charge is 0.330 e. The molecule has 0 aliphatic carbocycles. The van der Waals surface area contributed by atoms with Crippen LogP contribution in [-0.2, 0) is 16.1 Å². The van der Waals surface area contributed by atoms with Gasteiger partial charge in [0.2, 0.25) is 0 Å². The third-order valence-electron chi connectivity index (χ3n) is 3.62. The fourth-order valence-electron chi connectivity index (χ4n) is 2.31. The van der Waals surface area contributed by atoms with Gasteiger partial charge in [-0.1, -0.05) is 24.8 Å². The van der Waals surface area contributed by atoms with Crippen molar-refractivity contribution in [3.05, 3.63) is 72.8 Å². The van der Waals surface area contributed by atoms with E-state index in [1.165, 1.54) is 11.6 Å². The maximum absolute atomic E-state index is 11.1. The number of quaternary nitrogens is 1. The number of halogens is 1. The van der Waals surface area contributed by atoms with Crippen molar-refractivity contribution in [3.63, 3.8) is 0 Å². The SMILES string of the molecule is C=CC(=O)OCC[N+](C)(C)Cc1ccc(Oc2ccccc2)cc1.[Br-]. The zero-order valence-corrected chi connectivity index (χ0v) is 16.2. The highest BCUT2D eigenvalue weighted by Crippen LogP contribution is 2.22. The van der Waals surface area contributed by atoms with Gasteiger partial charge in [-0.05, 0) is 36.4 Å². The Labute approximate surface area is 160 Å². The third-order valence-corrected chi connectivity index (χ3v) is 3.62. The van der Waals surface area contributed by atoms with Crippen molar-refractivity contribution in [1.29, 1.82) is 0 Å². The molecule has 0 aromatic heterocycles. The van der Waals surface area contributed by atoms with Crippen molar-refractivity contribution in [2.24, 2.45) is 0 Å². The molecule has 0 aliphatic heterocycles. The first-order valence-electron chi connectivity index (χ1n) is 7.91. The van der Waals surface area contributed by atoms with Crippen molar-refractivity contribution in [2.45, 2.75) is 6.54 Å². The molecule has 2 rings (SSSR count). The number of esters is 1. The molecular weight excluding hydrogens is 382 g/mol. The largest absolute Gasteiger partial charge is 1.00 e. The van der Waals surface area contributed by atoms with Crippen molar-refractivity contribution < 1.29 is 35.7 Å². The lowest BCUT2D eigenvalue weighted by molar-refractivity contribution is -0.903. The first kappa shape index (κ1) is 20.9. The summed E-state index contributed by atoms with van der Waals surface area (Å²) in [5, 5.41) is 0. The monoisotopic (exact) mass is 405 g/mol. The highest BCUT2D eigenvalue weighted by molar-refractivity contribution is 5.81. The van der Waals surface area contributed by atoms with Crippen molar-refractivity contribution in [1.82, 2.24) is 0 Å². The van der Waals surface area contributed by atoms with Crippen LogP contribution in [0.1, 0.15) is 5.56 Å². The minimum absolute atomic E-state index is 0. The topological polar surface area (TPSA) is 35.5 Å². The van der Waals surface area contributed by atoms with Crippen LogP contribution in [0.5, 0.6) is 11.5 Å². The van der Waals surface area contributed by atoms with Gasteiger partial charge in [0.15, 0.2) is 0 Å². The van der Waals surface area contributed by atoms with E-state index in [0.29, 0.717) is 6.61 Å². The summed E-state index contributed by atoms with van der Waals surface area (Å²) in [6, 6.07) is 17.8. The van der Waals surface area contributed by atoms with Gasteiger partial charge >= 0.3 is 5.97 Å². The Balaban J connectivity index is 0.00000312. The van der Waals surface area contributed by atoms with Crippen LogP contribution in [0.3, 0.4) is 0 Å². The lowest BCUT2D eigenvalue weighted by Crippen LogP contribution is -3.00. The van der Waals surface area contributed by atoms with Gasteiger partial charge in [0.05, 0.1) is 14.1 Å². The average Bonchev–Trinajstić information content (AvgIpc) is 2.57. The number of hydrogen-bond acceptors (Lipinski definition) is 3. The number of hydrogen-bond donors (Lipinski definition) is 0. The lowest BCUT2D eigenvalue weighted by atomic mass is 10.2. The molecular formula is C20H24BrNO3. The summed E-state index contributed by atoms with van der Waals surface area (Å²) in [7, 11) is 4.21. The summed E-state index contributed by atoms with van der Waals surface area (Å²) >= 11 is 0. The molecule has 0 fully saturated rings. The minimum Gasteiger partial charge on any atom is -1.00 e. The maximum Gasteiger partial charge on any atom is 0.330 e. The highest BCUT2D eigenvalue weighted by Gasteiger charge is 2.16. The number of nitrogens with zero attached hydrogens (tertiary/aromatic N) is 1. The fraction of sp³-hybridized carbons (Fsp3) is 0.250. The maximum atomic E-state index is 11.1. The Morgan fingerprint density at radius 2 is 1.64 bits per heavy atom. The summed E-state index contributed by atoms with van der Waals surface area (Å²) < 4.78 is 11.6. The quantitative estimate of drug-likeness (QED) is 0.370. The van der Waals surface area contributed by atoms with Gasteiger partial charge in [0.1, 0.15) is 31.2 Å². The zero-order chi connectivity index (χ0) is 17.4. The van der Waals surface area contributed by atoms with Crippen LogP contribution >= 0.6 is 0 Å². The normalized spacial score (nSPS) is 10.5. The molecule has 0 bridgehead atoms. The van der Waals surface area contributed by atoms with E-state index >= 15 is 0 Å². The summed E-state index contributed by atoms with van der Waals surface area (Å²) in [5.74, 6) is 1.26. The van der Waals surface area contributed by atoms with E-state index in [9.17, 15) is 4.79 Å². The first-order chi connectivity index (χ1) is 11.5. The van der Waals surface area contributed by atoms with Gasteiger partial charge in [-0.3, -0.25) is 0 Å². The Morgan fingerprint density at radius 1 is 1.04 bits per heavy atom. The van der Waals surface area contributed by atoms with Crippen molar-refractivity contribution >= 4 is 5.97 Å². The molecule has 2 aromatic rings. The zero-order valence-electron chi connectivity index (χ0n) is 14.7. The van der Waals surface area contributed by atoms with Crippen LogP contribution < -0.4 is 21.7 Å². The van der Waals surface area contributed by atoms with E-state index in [1.54, 1.807) is 0 Å². The van der Waals surface area contributed by atoms with Gasteiger partial charge in [-0.2, -0.15) is 0 Å². The van der Waals surface area contributed by atoms with Gasteiger partial charge in [-0.15, -0.1) is 0 Å². The van der Waals surface area contributed by atoms with Gasteiger partial charge in [0, 0.05) is 11.6 Å². The fourth-order valence-corrected chi connectivity index (χ4v) is 2.31. The van der Waals surface area contributed by atoms with Crippen LogP contribution in [-0.4, -0.2) is 37.7 Å². The second kappa shape index (κ2) is 10.0. The molecule has 0 saturated carbocycles. The second-order valence-corrected chi connectivity index (χ2v) is 6.25. The molecule has 0 unspecified atom stereocenters. The van der Waals surface area contributed by atoms with E-state index in [0.717, 1.165) is 29.1 Å². The molecule has 0 heterocycles. The molecule has 0 saturated heterocycles. The van der Waals surface area contributed by atoms with Crippen LogP contribution in [0, 0.1) is 0 Å². The number of para-hydroxylation sites is 1. The predicted octanol–water partition coefficient (Wildman–Crippen LogP) is 0.788. The third kappa shape index (κ3) is 7.54. The van der Waals surface area contributed by atoms with Gasteiger partial charge in [0.25, 0.3) is 0 Å². The van der Waals surface area contributed by atoms with E-state index in [4.69, 9.17) is 9.47 Å². The van der Waals surface area contributed by atoms with E-state index < -0.39 is 0 Å². The number of rotatable bonds is 8. The molecule has 134 valence electrons. The Hall–Kier alpha value is -2.11. The van der Waals surface area contributed by atoms with Crippen LogP contribution in [0.15, 0.2) is 67.3 Å². The number of benzene rings is 2. The molecule has 0 aliphatic rings. The van der Waals surface area contributed by atoms with Crippen LogP contribution in [0.2, 0.25) is 0 Å². The molecule has 5 heteroatoms. The lowest BCUT2D eigenvalue weighted by Gasteiger charge is -2.29. The molecule has 4 nitrogen and oxygen atoms in total. The molecule has 0 radical (unpaired) electrons. The Bertz CT molecular complexity index is 669. The summed E-state index contributed by atoms with van der Waals surface area (Å²) in [4.78, 5) is 11.1. The molecule has 0 atom stereocenters. The van der Waals surface area contributed by atoms with E-state index in [2.05, 4.69) is 32.8 Å². The average molecular weight is 406 g/mol. The molecule has 0 spiro atoms. The van der Waals surface area contributed by atoms with E-state index in [1.807, 2.05) is 42.5 Å². The van der Waals surface area contributed by atoms with Crippen LogP contribution in [0.25, 0.3) is 0 Å². The van der Waals surface area contributed by atoms with E-state index in [-0.39, 0.29) is 23.0 Å². The summed E-state index contributed by atoms with van der Waals surface area (Å²) in [6.45, 7) is 5.35. The highest BCUT2D eigenvalue weighted by atomic mass is 79.9.